The Hall–Kier alpha value is -1.26. The van der Waals surface area contributed by atoms with E-state index in [1.54, 1.807) is 6.92 Å². The first-order chi connectivity index (χ1) is 9.00. The van der Waals surface area contributed by atoms with Crippen LogP contribution in [0.25, 0.3) is 0 Å². The van der Waals surface area contributed by atoms with Gasteiger partial charge in [0.15, 0.2) is 0 Å². The summed E-state index contributed by atoms with van der Waals surface area (Å²) >= 11 is 0. The van der Waals surface area contributed by atoms with Crippen LogP contribution in [0.15, 0.2) is 0 Å². The Morgan fingerprint density at radius 3 is 2.63 bits per heavy atom. The van der Waals surface area contributed by atoms with Gasteiger partial charge in [-0.05, 0) is 25.2 Å². The molecule has 3 unspecified atom stereocenters. The summed E-state index contributed by atoms with van der Waals surface area (Å²) in [4.78, 5) is 22.4. The third-order valence-electron chi connectivity index (χ3n) is 3.96. The van der Waals surface area contributed by atoms with E-state index in [-0.39, 0.29) is 12.1 Å². The van der Waals surface area contributed by atoms with E-state index in [4.69, 9.17) is 5.11 Å². The fourth-order valence-electron chi connectivity index (χ4n) is 2.45. The molecular weight excluding hydrogens is 244 g/mol. The molecule has 0 bridgehead atoms. The highest BCUT2D eigenvalue weighted by molar-refractivity contribution is 5.74. The lowest BCUT2D eigenvalue weighted by Gasteiger charge is -2.23. The summed E-state index contributed by atoms with van der Waals surface area (Å²) in [6.07, 6.45) is 6.34. The number of hydrogen-bond donors (Lipinski definition) is 3. The second kappa shape index (κ2) is 8.02. The second-order valence-corrected chi connectivity index (χ2v) is 5.65. The van der Waals surface area contributed by atoms with Crippen LogP contribution in [-0.2, 0) is 4.79 Å². The van der Waals surface area contributed by atoms with Crippen LogP contribution in [0.4, 0.5) is 4.79 Å². The molecule has 1 aliphatic rings. The molecule has 2 amide bonds. The monoisotopic (exact) mass is 270 g/mol. The number of amides is 2. The summed E-state index contributed by atoms with van der Waals surface area (Å²) < 4.78 is 0. The van der Waals surface area contributed by atoms with Crippen LogP contribution in [0.3, 0.4) is 0 Å². The molecule has 0 spiro atoms. The standard InChI is InChI=1S/C14H26N2O3/c1-10-6-4-3-5-7-12(10)16-14(19)15-9-8-11(2)13(17)18/h10-12H,3-9H2,1-2H3,(H,17,18)(H2,15,16,19). The summed E-state index contributed by atoms with van der Waals surface area (Å²) in [6, 6.07) is 0.0794. The molecule has 1 rings (SSSR count). The minimum absolute atomic E-state index is 0.170. The number of carbonyl (C=O) groups excluding carboxylic acids is 1. The predicted molar refractivity (Wildman–Crippen MR) is 74.0 cm³/mol. The molecule has 0 aromatic heterocycles. The fourth-order valence-corrected chi connectivity index (χ4v) is 2.45. The Labute approximate surface area is 115 Å². The summed E-state index contributed by atoms with van der Waals surface area (Å²) in [5.74, 6) is -0.720. The molecule has 110 valence electrons. The second-order valence-electron chi connectivity index (χ2n) is 5.65. The summed E-state index contributed by atoms with van der Waals surface area (Å²) in [5, 5.41) is 14.5. The smallest absolute Gasteiger partial charge is 0.315 e. The Kier molecular flexibility index (Phi) is 6.67. The minimum atomic E-state index is -0.820. The van der Waals surface area contributed by atoms with Gasteiger partial charge < -0.3 is 15.7 Å². The molecule has 1 fully saturated rings. The molecule has 0 aromatic carbocycles. The van der Waals surface area contributed by atoms with Crippen molar-refractivity contribution in [3.05, 3.63) is 0 Å². The number of carboxylic acid groups (broad SMARTS) is 1. The fraction of sp³-hybridized carbons (Fsp3) is 0.857. The van der Waals surface area contributed by atoms with Crippen molar-refractivity contribution in [1.82, 2.24) is 10.6 Å². The van der Waals surface area contributed by atoms with E-state index >= 15 is 0 Å². The van der Waals surface area contributed by atoms with Gasteiger partial charge in [0.1, 0.15) is 0 Å². The van der Waals surface area contributed by atoms with Gasteiger partial charge >= 0.3 is 12.0 Å². The van der Waals surface area contributed by atoms with Gasteiger partial charge in [-0.2, -0.15) is 0 Å². The van der Waals surface area contributed by atoms with Gasteiger partial charge in [0.25, 0.3) is 0 Å². The van der Waals surface area contributed by atoms with Crippen LogP contribution in [0, 0.1) is 11.8 Å². The van der Waals surface area contributed by atoms with E-state index < -0.39 is 11.9 Å². The first-order valence-corrected chi connectivity index (χ1v) is 7.28. The Balaban J connectivity index is 2.24. The lowest BCUT2D eigenvalue weighted by atomic mass is 9.97. The van der Waals surface area contributed by atoms with Crippen LogP contribution in [0.2, 0.25) is 0 Å². The topological polar surface area (TPSA) is 78.4 Å². The van der Waals surface area contributed by atoms with Crippen molar-refractivity contribution in [1.29, 1.82) is 0 Å². The first kappa shape index (κ1) is 15.8. The van der Waals surface area contributed by atoms with Gasteiger partial charge in [0.2, 0.25) is 0 Å². The molecular formula is C14H26N2O3. The van der Waals surface area contributed by atoms with E-state index in [9.17, 15) is 9.59 Å². The van der Waals surface area contributed by atoms with E-state index in [1.807, 2.05) is 0 Å². The lowest BCUT2D eigenvalue weighted by Crippen LogP contribution is -2.45. The number of rotatable bonds is 5. The van der Waals surface area contributed by atoms with Crippen LogP contribution >= 0.6 is 0 Å². The Bertz CT molecular complexity index is 307. The molecule has 19 heavy (non-hydrogen) atoms. The van der Waals surface area contributed by atoms with Gasteiger partial charge in [-0.3, -0.25) is 4.79 Å². The highest BCUT2D eigenvalue weighted by Crippen LogP contribution is 2.22. The zero-order chi connectivity index (χ0) is 14.3. The van der Waals surface area contributed by atoms with Gasteiger partial charge in [0, 0.05) is 12.6 Å². The van der Waals surface area contributed by atoms with Crippen molar-refractivity contribution in [2.24, 2.45) is 11.8 Å². The quantitative estimate of drug-likeness (QED) is 0.671. The SMILES string of the molecule is CC(CCNC(=O)NC1CCCCCC1C)C(=O)O. The highest BCUT2D eigenvalue weighted by Gasteiger charge is 2.21. The van der Waals surface area contributed by atoms with E-state index in [2.05, 4.69) is 17.6 Å². The van der Waals surface area contributed by atoms with Gasteiger partial charge in [-0.15, -0.1) is 0 Å². The third kappa shape index (κ3) is 5.94. The summed E-state index contributed by atoms with van der Waals surface area (Å²) in [7, 11) is 0. The zero-order valence-corrected chi connectivity index (χ0v) is 11.9. The van der Waals surface area contributed by atoms with Crippen molar-refractivity contribution < 1.29 is 14.7 Å². The molecule has 5 nitrogen and oxygen atoms in total. The number of carbonyl (C=O) groups is 2. The van der Waals surface area contributed by atoms with Crippen LogP contribution in [-0.4, -0.2) is 29.7 Å². The van der Waals surface area contributed by atoms with Crippen LogP contribution in [0.5, 0.6) is 0 Å². The van der Waals surface area contributed by atoms with E-state index in [0.717, 1.165) is 6.42 Å². The van der Waals surface area contributed by atoms with Crippen molar-refractivity contribution in [3.63, 3.8) is 0 Å². The van der Waals surface area contributed by atoms with E-state index in [0.29, 0.717) is 18.9 Å². The van der Waals surface area contributed by atoms with Crippen molar-refractivity contribution in [2.75, 3.05) is 6.54 Å². The lowest BCUT2D eigenvalue weighted by molar-refractivity contribution is -0.141. The molecule has 1 aliphatic carbocycles. The van der Waals surface area contributed by atoms with Crippen LogP contribution < -0.4 is 10.6 Å². The van der Waals surface area contributed by atoms with Gasteiger partial charge in [-0.25, -0.2) is 4.79 Å². The summed E-state index contributed by atoms with van der Waals surface area (Å²) in [6.45, 7) is 4.23. The van der Waals surface area contributed by atoms with Crippen molar-refractivity contribution >= 4 is 12.0 Å². The molecule has 1 saturated carbocycles. The van der Waals surface area contributed by atoms with Crippen LogP contribution in [0.1, 0.15) is 52.4 Å². The maximum Gasteiger partial charge on any atom is 0.315 e. The average Bonchev–Trinajstić information content (AvgIpc) is 2.54. The minimum Gasteiger partial charge on any atom is -0.481 e. The average molecular weight is 270 g/mol. The molecule has 0 aliphatic heterocycles. The molecule has 3 atom stereocenters. The molecule has 5 heteroatoms. The van der Waals surface area contributed by atoms with Crippen molar-refractivity contribution in [3.8, 4) is 0 Å². The normalized spacial score (nSPS) is 25.2. The summed E-state index contributed by atoms with van der Waals surface area (Å²) in [5.41, 5.74) is 0. The number of urea groups is 1. The predicted octanol–water partition coefficient (Wildman–Crippen LogP) is 2.37. The largest absolute Gasteiger partial charge is 0.481 e. The van der Waals surface area contributed by atoms with Gasteiger partial charge in [0.05, 0.1) is 5.92 Å². The molecule has 0 radical (unpaired) electrons. The maximum absolute atomic E-state index is 11.8. The number of hydrogen-bond acceptors (Lipinski definition) is 2. The number of nitrogens with one attached hydrogen (secondary N) is 2. The zero-order valence-electron chi connectivity index (χ0n) is 11.9. The molecule has 0 heterocycles. The Morgan fingerprint density at radius 2 is 1.95 bits per heavy atom. The molecule has 3 N–H and O–H groups in total. The number of carboxylic acids is 1. The maximum atomic E-state index is 11.8. The number of aliphatic carboxylic acids is 1. The Morgan fingerprint density at radius 1 is 1.26 bits per heavy atom. The van der Waals surface area contributed by atoms with Gasteiger partial charge in [-0.1, -0.05) is 33.1 Å². The first-order valence-electron chi connectivity index (χ1n) is 7.28. The van der Waals surface area contributed by atoms with E-state index in [1.165, 1.54) is 25.7 Å². The molecule has 0 aromatic rings. The highest BCUT2D eigenvalue weighted by atomic mass is 16.4. The van der Waals surface area contributed by atoms with Crippen molar-refractivity contribution in [2.45, 2.75) is 58.4 Å². The molecule has 0 saturated heterocycles. The third-order valence-corrected chi connectivity index (χ3v) is 3.96.